The third-order valence-electron chi connectivity index (χ3n) is 2.36. The predicted octanol–water partition coefficient (Wildman–Crippen LogP) is 3.91. The van der Waals surface area contributed by atoms with E-state index < -0.39 is 0 Å². The van der Waals surface area contributed by atoms with E-state index in [1.807, 2.05) is 18.4 Å². The number of rotatable bonds is 5. The van der Waals surface area contributed by atoms with Crippen LogP contribution in [0.4, 0.5) is 0 Å². The number of nitrogens with zero attached hydrogens (tertiary/aromatic N) is 1. The van der Waals surface area contributed by atoms with E-state index >= 15 is 0 Å². The quantitative estimate of drug-likeness (QED) is 0.349. The summed E-state index contributed by atoms with van der Waals surface area (Å²) in [7, 11) is 1.80. The average molecular weight is 252 g/mol. The molecule has 96 valence electrons. The topological polar surface area (TPSA) is 38.4 Å². The molecule has 1 atom stereocenters. The van der Waals surface area contributed by atoms with Crippen LogP contribution in [0.15, 0.2) is 39.8 Å². The maximum Gasteiger partial charge on any atom is 0.0683 e. The zero-order valence-electron chi connectivity index (χ0n) is 11.5. The Balaban J connectivity index is 4.20. The summed E-state index contributed by atoms with van der Waals surface area (Å²) in [4.78, 5) is 4.06. The Labute approximate surface area is 110 Å². The third-order valence-corrected chi connectivity index (χ3v) is 3.17. The smallest absolute Gasteiger partial charge is 0.0683 e. The fraction of sp³-hybridized carbons (Fsp3) is 0.500. The molecule has 0 bridgehead atoms. The second-order valence-corrected chi connectivity index (χ2v) is 5.32. The molecule has 0 aromatic rings. The molecule has 0 aliphatic rings. The molecule has 2 nitrogen and oxygen atoms in total. The molecule has 1 unspecified atom stereocenters. The highest BCUT2D eigenvalue weighted by molar-refractivity contribution is 8.16. The molecule has 0 aromatic heterocycles. The molecular formula is C14H24N2S. The standard InChI is InChI=1S/C14H24N2S/c1-11(2)8-9-14(15)12(3)7-6-10-17-13(4)16-5/h6-8,10,14H,9,15H2,1-5H3/b10-6+,12-7+,16-13?. The van der Waals surface area contributed by atoms with Crippen molar-refractivity contribution in [3.8, 4) is 0 Å². The van der Waals surface area contributed by atoms with E-state index in [-0.39, 0.29) is 6.04 Å². The van der Waals surface area contributed by atoms with Crippen LogP contribution in [0.25, 0.3) is 0 Å². The molecule has 0 saturated carbocycles. The summed E-state index contributed by atoms with van der Waals surface area (Å²) >= 11 is 1.62. The Morgan fingerprint density at radius 3 is 2.47 bits per heavy atom. The van der Waals surface area contributed by atoms with Crippen molar-refractivity contribution in [3.63, 3.8) is 0 Å². The van der Waals surface area contributed by atoms with Crippen LogP contribution in [0.1, 0.15) is 34.1 Å². The van der Waals surface area contributed by atoms with Gasteiger partial charge in [-0.1, -0.05) is 41.1 Å². The highest BCUT2D eigenvalue weighted by atomic mass is 32.2. The van der Waals surface area contributed by atoms with Gasteiger partial charge in [0, 0.05) is 13.1 Å². The fourth-order valence-electron chi connectivity index (χ4n) is 1.05. The van der Waals surface area contributed by atoms with Crippen LogP contribution in [0.5, 0.6) is 0 Å². The van der Waals surface area contributed by atoms with Crippen LogP contribution in [0.2, 0.25) is 0 Å². The summed E-state index contributed by atoms with van der Waals surface area (Å²) in [5.41, 5.74) is 8.57. The highest BCUT2D eigenvalue weighted by Crippen LogP contribution is 2.08. The Kier molecular flexibility index (Phi) is 8.82. The van der Waals surface area contributed by atoms with E-state index in [1.165, 1.54) is 11.1 Å². The van der Waals surface area contributed by atoms with Gasteiger partial charge < -0.3 is 5.73 Å². The lowest BCUT2D eigenvalue weighted by Gasteiger charge is -2.09. The first-order chi connectivity index (χ1) is 7.97. The SMILES string of the molecule is CN=C(C)S/C=C/C=C(\C)C(N)CC=C(C)C. The summed E-state index contributed by atoms with van der Waals surface area (Å²) in [5.74, 6) is 0. The van der Waals surface area contributed by atoms with Gasteiger partial charge in [-0.05, 0) is 39.5 Å². The molecule has 17 heavy (non-hydrogen) atoms. The van der Waals surface area contributed by atoms with Crippen molar-refractivity contribution < 1.29 is 0 Å². The second kappa shape index (κ2) is 9.25. The van der Waals surface area contributed by atoms with Crippen molar-refractivity contribution in [1.82, 2.24) is 0 Å². The molecule has 0 radical (unpaired) electrons. The van der Waals surface area contributed by atoms with Crippen molar-refractivity contribution in [2.45, 2.75) is 40.2 Å². The van der Waals surface area contributed by atoms with E-state index in [0.717, 1.165) is 11.5 Å². The van der Waals surface area contributed by atoms with Crippen LogP contribution in [0.3, 0.4) is 0 Å². The van der Waals surface area contributed by atoms with E-state index in [1.54, 1.807) is 18.8 Å². The summed E-state index contributed by atoms with van der Waals surface area (Å²) in [5, 5.41) is 3.08. The maximum absolute atomic E-state index is 6.06. The fourth-order valence-corrected chi connectivity index (χ4v) is 1.51. The van der Waals surface area contributed by atoms with Gasteiger partial charge in [0.1, 0.15) is 0 Å². The first-order valence-corrected chi connectivity index (χ1v) is 6.67. The van der Waals surface area contributed by atoms with Gasteiger partial charge in [0.05, 0.1) is 5.04 Å². The normalized spacial score (nSPS) is 15.2. The van der Waals surface area contributed by atoms with Gasteiger partial charge in [0.2, 0.25) is 0 Å². The lowest BCUT2D eigenvalue weighted by molar-refractivity contribution is 0.780. The molecule has 0 heterocycles. The van der Waals surface area contributed by atoms with E-state index in [4.69, 9.17) is 5.73 Å². The van der Waals surface area contributed by atoms with Gasteiger partial charge >= 0.3 is 0 Å². The average Bonchev–Trinajstić information content (AvgIpc) is 2.30. The number of nitrogens with two attached hydrogens (primary N) is 1. The summed E-state index contributed by atoms with van der Waals surface area (Å²) in [6.07, 6.45) is 7.17. The van der Waals surface area contributed by atoms with Crippen LogP contribution >= 0.6 is 11.8 Å². The largest absolute Gasteiger partial charge is 0.324 e. The van der Waals surface area contributed by atoms with Crippen LogP contribution in [0, 0.1) is 0 Å². The zero-order valence-corrected chi connectivity index (χ0v) is 12.3. The molecule has 0 amide bonds. The molecule has 0 aliphatic heterocycles. The number of hydrogen-bond donors (Lipinski definition) is 1. The number of aliphatic imine (C=N–C) groups is 1. The lowest BCUT2D eigenvalue weighted by Crippen LogP contribution is -2.20. The summed E-state index contributed by atoms with van der Waals surface area (Å²) in [6, 6.07) is 0.112. The minimum absolute atomic E-state index is 0.112. The molecule has 0 rings (SSSR count). The zero-order chi connectivity index (χ0) is 13.3. The van der Waals surface area contributed by atoms with Gasteiger partial charge in [0.15, 0.2) is 0 Å². The van der Waals surface area contributed by atoms with Gasteiger partial charge in [-0.15, -0.1) is 0 Å². The van der Waals surface area contributed by atoms with Crippen molar-refractivity contribution in [3.05, 3.63) is 34.8 Å². The Bertz CT molecular complexity index is 334. The Morgan fingerprint density at radius 1 is 1.29 bits per heavy atom. The van der Waals surface area contributed by atoms with E-state index in [2.05, 4.69) is 37.9 Å². The van der Waals surface area contributed by atoms with Crippen LogP contribution < -0.4 is 5.73 Å². The first kappa shape index (κ1) is 16.2. The summed E-state index contributed by atoms with van der Waals surface area (Å²) in [6.45, 7) is 8.25. The predicted molar refractivity (Wildman–Crippen MR) is 81.5 cm³/mol. The highest BCUT2D eigenvalue weighted by Gasteiger charge is 2.00. The first-order valence-electron chi connectivity index (χ1n) is 5.79. The van der Waals surface area contributed by atoms with E-state index in [9.17, 15) is 0 Å². The van der Waals surface area contributed by atoms with Crippen molar-refractivity contribution >= 4 is 16.8 Å². The van der Waals surface area contributed by atoms with Crippen molar-refractivity contribution in [2.24, 2.45) is 10.7 Å². The van der Waals surface area contributed by atoms with Gasteiger partial charge in [0.25, 0.3) is 0 Å². The molecule has 3 heteroatoms. The maximum atomic E-state index is 6.06. The van der Waals surface area contributed by atoms with E-state index in [0.29, 0.717) is 0 Å². The molecule has 0 spiro atoms. The minimum Gasteiger partial charge on any atom is -0.324 e. The monoisotopic (exact) mass is 252 g/mol. The molecule has 0 fully saturated rings. The van der Waals surface area contributed by atoms with Crippen LogP contribution in [-0.2, 0) is 0 Å². The molecule has 0 saturated heterocycles. The number of thioether (sulfide) groups is 1. The lowest BCUT2D eigenvalue weighted by atomic mass is 10.0. The minimum atomic E-state index is 0.112. The van der Waals surface area contributed by atoms with Gasteiger partial charge in [-0.3, -0.25) is 4.99 Å². The molecule has 2 N–H and O–H groups in total. The molecule has 0 aromatic carbocycles. The Hall–Kier alpha value is -0.800. The van der Waals surface area contributed by atoms with Gasteiger partial charge in [-0.2, -0.15) is 0 Å². The summed E-state index contributed by atoms with van der Waals surface area (Å²) < 4.78 is 0. The van der Waals surface area contributed by atoms with Crippen molar-refractivity contribution in [2.75, 3.05) is 7.05 Å². The number of allylic oxidation sites excluding steroid dienone is 3. The van der Waals surface area contributed by atoms with Crippen LogP contribution in [-0.4, -0.2) is 18.1 Å². The number of hydrogen-bond acceptors (Lipinski definition) is 3. The molecular weight excluding hydrogens is 228 g/mol. The Morgan fingerprint density at radius 2 is 1.94 bits per heavy atom. The third kappa shape index (κ3) is 8.95. The van der Waals surface area contributed by atoms with Crippen molar-refractivity contribution in [1.29, 1.82) is 0 Å². The molecule has 0 aliphatic carbocycles. The van der Waals surface area contributed by atoms with Gasteiger partial charge in [-0.25, -0.2) is 0 Å². The second-order valence-electron chi connectivity index (χ2n) is 4.22.